The average molecular weight is 380 g/mol. The van der Waals surface area contributed by atoms with Crippen molar-refractivity contribution in [1.82, 2.24) is 9.88 Å². The van der Waals surface area contributed by atoms with E-state index in [1.54, 1.807) is 19.2 Å². The van der Waals surface area contributed by atoms with Gasteiger partial charge in [0.05, 0.1) is 7.11 Å². The van der Waals surface area contributed by atoms with Crippen LogP contribution in [0.3, 0.4) is 0 Å². The van der Waals surface area contributed by atoms with Crippen molar-refractivity contribution in [2.75, 3.05) is 38.7 Å². The van der Waals surface area contributed by atoms with Gasteiger partial charge >= 0.3 is 5.97 Å². The summed E-state index contributed by atoms with van der Waals surface area (Å²) in [6, 6.07) is 5.92. The molecule has 1 aromatic heterocycles. The molecule has 7 nitrogen and oxygen atoms in total. The molecule has 0 bridgehead atoms. The Labute approximate surface area is 156 Å². The molecule has 140 valence electrons. The third-order valence-electron chi connectivity index (χ3n) is 4.61. The van der Waals surface area contributed by atoms with Crippen LogP contribution in [0.25, 0.3) is 11.1 Å². The van der Waals surface area contributed by atoms with Crippen LogP contribution in [0, 0.1) is 5.92 Å². The summed E-state index contributed by atoms with van der Waals surface area (Å²) in [6.07, 6.45) is 2.30. The highest BCUT2D eigenvalue weighted by atomic mass is 35.5. The minimum atomic E-state index is -0.420. The number of carbonyl (C=O) groups excluding carboxylic acids is 2. The standard InChI is InChI=1S/C18H22ClN3O4/c1-21(11-17(24)25-2)16(23)8-12-4-3-7-22(10-12)18-20-14-6-5-13(19)9-15(14)26-18/h5-6,9,12H,3-4,7-8,10-11H2,1-2H3. The van der Waals surface area contributed by atoms with Gasteiger partial charge in [0.15, 0.2) is 5.58 Å². The van der Waals surface area contributed by atoms with E-state index in [0.717, 1.165) is 24.9 Å². The first kappa shape index (κ1) is 18.5. The summed E-state index contributed by atoms with van der Waals surface area (Å²) >= 11 is 5.99. The van der Waals surface area contributed by atoms with Crippen molar-refractivity contribution in [1.29, 1.82) is 0 Å². The Kier molecular flexibility index (Phi) is 5.66. The second-order valence-corrected chi connectivity index (χ2v) is 7.03. The molecule has 1 saturated heterocycles. The van der Waals surface area contributed by atoms with Gasteiger partial charge in [-0.15, -0.1) is 0 Å². The van der Waals surface area contributed by atoms with E-state index in [9.17, 15) is 9.59 Å². The van der Waals surface area contributed by atoms with Gasteiger partial charge in [-0.05, 0) is 30.9 Å². The van der Waals surface area contributed by atoms with Crippen molar-refractivity contribution >= 4 is 40.6 Å². The summed E-state index contributed by atoms with van der Waals surface area (Å²) in [5.41, 5.74) is 1.42. The SMILES string of the molecule is COC(=O)CN(C)C(=O)CC1CCCN(c2nc3ccc(Cl)cc3o2)C1. The molecular weight excluding hydrogens is 358 g/mol. The number of methoxy groups -OCH3 is 1. The lowest BCUT2D eigenvalue weighted by Crippen LogP contribution is -2.39. The van der Waals surface area contributed by atoms with E-state index in [-0.39, 0.29) is 18.4 Å². The predicted molar refractivity (Wildman–Crippen MR) is 98.2 cm³/mol. The zero-order valence-electron chi connectivity index (χ0n) is 14.9. The van der Waals surface area contributed by atoms with Gasteiger partial charge in [0.1, 0.15) is 12.1 Å². The molecule has 1 unspecified atom stereocenters. The van der Waals surface area contributed by atoms with Crippen LogP contribution in [0.1, 0.15) is 19.3 Å². The number of hydrogen-bond donors (Lipinski definition) is 0. The molecule has 1 fully saturated rings. The normalized spacial score (nSPS) is 17.3. The van der Waals surface area contributed by atoms with Crippen LogP contribution in [0.5, 0.6) is 0 Å². The largest absolute Gasteiger partial charge is 0.468 e. The quantitative estimate of drug-likeness (QED) is 0.743. The molecule has 1 aliphatic heterocycles. The van der Waals surface area contributed by atoms with Gasteiger partial charge in [-0.3, -0.25) is 9.59 Å². The second-order valence-electron chi connectivity index (χ2n) is 6.59. The van der Waals surface area contributed by atoms with Crippen LogP contribution in [0.15, 0.2) is 22.6 Å². The Morgan fingerprint density at radius 1 is 1.46 bits per heavy atom. The number of esters is 1. The number of fused-ring (bicyclic) bond motifs is 1. The highest BCUT2D eigenvalue weighted by Crippen LogP contribution is 2.29. The van der Waals surface area contributed by atoms with E-state index < -0.39 is 5.97 Å². The van der Waals surface area contributed by atoms with Gasteiger partial charge < -0.3 is 19.0 Å². The first-order valence-corrected chi connectivity index (χ1v) is 8.96. The number of hydrogen-bond acceptors (Lipinski definition) is 6. The fourth-order valence-corrected chi connectivity index (χ4v) is 3.34. The number of carbonyl (C=O) groups is 2. The minimum Gasteiger partial charge on any atom is -0.468 e. The average Bonchev–Trinajstić information content (AvgIpc) is 3.04. The molecule has 2 aromatic rings. The van der Waals surface area contributed by atoms with Gasteiger partial charge in [-0.25, -0.2) is 0 Å². The van der Waals surface area contributed by atoms with Gasteiger partial charge in [-0.2, -0.15) is 4.98 Å². The van der Waals surface area contributed by atoms with Crippen LogP contribution in [0.2, 0.25) is 5.02 Å². The number of ether oxygens (including phenoxy) is 1. The number of aromatic nitrogens is 1. The summed E-state index contributed by atoms with van der Waals surface area (Å²) in [5, 5.41) is 0.607. The van der Waals surface area contributed by atoms with Crippen LogP contribution in [-0.4, -0.2) is 55.6 Å². The molecule has 2 heterocycles. The minimum absolute atomic E-state index is 0.0301. The highest BCUT2D eigenvalue weighted by molar-refractivity contribution is 6.31. The van der Waals surface area contributed by atoms with Crippen molar-refractivity contribution in [2.45, 2.75) is 19.3 Å². The lowest BCUT2D eigenvalue weighted by Gasteiger charge is -2.32. The molecule has 0 spiro atoms. The maximum Gasteiger partial charge on any atom is 0.325 e. The summed E-state index contributed by atoms with van der Waals surface area (Å²) in [5.74, 6) is -0.294. The number of oxazole rings is 1. The number of amides is 1. The van der Waals surface area contributed by atoms with Crippen LogP contribution in [-0.2, 0) is 14.3 Å². The van der Waals surface area contributed by atoms with Gasteiger partial charge in [-0.1, -0.05) is 11.6 Å². The summed E-state index contributed by atoms with van der Waals surface area (Å²) in [7, 11) is 2.93. The zero-order valence-corrected chi connectivity index (χ0v) is 15.7. The molecular formula is C18H22ClN3O4. The molecule has 3 rings (SSSR count). The Hall–Kier alpha value is -2.28. The number of benzene rings is 1. The molecule has 8 heteroatoms. The van der Waals surface area contributed by atoms with Crippen molar-refractivity contribution in [3.05, 3.63) is 23.2 Å². The lowest BCUT2D eigenvalue weighted by molar-refractivity contribution is -0.146. The van der Waals surface area contributed by atoms with Crippen molar-refractivity contribution in [3.8, 4) is 0 Å². The van der Waals surface area contributed by atoms with E-state index in [4.69, 9.17) is 16.0 Å². The van der Waals surface area contributed by atoms with Crippen molar-refractivity contribution in [3.63, 3.8) is 0 Å². The second kappa shape index (κ2) is 7.95. The highest BCUT2D eigenvalue weighted by Gasteiger charge is 2.26. The molecule has 1 aliphatic rings. The number of anilines is 1. The van der Waals surface area contributed by atoms with E-state index >= 15 is 0 Å². The lowest BCUT2D eigenvalue weighted by atomic mass is 9.94. The number of halogens is 1. The molecule has 1 atom stereocenters. The summed E-state index contributed by atoms with van der Waals surface area (Å²) in [4.78, 5) is 31.6. The van der Waals surface area contributed by atoms with E-state index in [0.29, 0.717) is 29.6 Å². The van der Waals surface area contributed by atoms with Crippen LogP contribution < -0.4 is 4.90 Å². The monoisotopic (exact) mass is 379 g/mol. The van der Waals surface area contributed by atoms with E-state index in [2.05, 4.69) is 14.6 Å². The number of piperidine rings is 1. The van der Waals surface area contributed by atoms with E-state index in [1.165, 1.54) is 12.0 Å². The number of nitrogens with zero attached hydrogens (tertiary/aromatic N) is 3. The predicted octanol–water partition coefficient (Wildman–Crippen LogP) is 2.72. The fourth-order valence-electron chi connectivity index (χ4n) is 3.18. The van der Waals surface area contributed by atoms with Crippen LogP contribution in [0.4, 0.5) is 6.01 Å². The topological polar surface area (TPSA) is 75.9 Å². The third kappa shape index (κ3) is 4.27. The molecule has 26 heavy (non-hydrogen) atoms. The molecule has 0 radical (unpaired) electrons. The Balaban J connectivity index is 1.63. The van der Waals surface area contributed by atoms with Gasteiger partial charge in [0.25, 0.3) is 6.01 Å². The third-order valence-corrected chi connectivity index (χ3v) is 4.85. The first-order valence-electron chi connectivity index (χ1n) is 8.58. The maximum atomic E-state index is 12.3. The molecule has 0 saturated carbocycles. The van der Waals surface area contributed by atoms with Crippen molar-refractivity contribution < 1.29 is 18.7 Å². The Bertz CT molecular complexity index is 807. The van der Waals surface area contributed by atoms with Gasteiger partial charge in [0.2, 0.25) is 5.91 Å². The van der Waals surface area contributed by atoms with Crippen LogP contribution >= 0.6 is 11.6 Å². The van der Waals surface area contributed by atoms with Crippen molar-refractivity contribution in [2.24, 2.45) is 5.92 Å². The Morgan fingerprint density at radius 3 is 3.04 bits per heavy atom. The number of likely N-dealkylation sites (N-methyl/N-ethyl adjacent to an activating group) is 1. The molecule has 1 amide bonds. The zero-order chi connectivity index (χ0) is 18.7. The van der Waals surface area contributed by atoms with Gasteiger partial charge in [0, 0.05) is 37.6 Å². The maximum absolute atomic E-state index is 12.3. The number of rotatable bonds is 5. The summed E-state index contributed by atoms with van der Waals surface area (Å²) < 4.78 is 10.4. The van der Waals surface area contributed by atoms with E-state index in [1.807, 2.05) is 6.07 Å². The Morgan fingerprint density at radius 2 is 2.27 bits per heavy atom. The molecule has 0 N–H and O–H groups in total. The summed E-state index contributed by atoms with van der Waals surface area (Å²) in [6.45, 7) is 1.50. The first-order chi connectivity index (χ1) is 12.5. The molecule has 0 aliphatic carbocycles. The smallest absolute Gasteiger partial charge is 0.325 e. The fraction of sp³-hybridized carbons (Fsp3) is 0.500. The molecule has 1 aromatic carbocycles.